The van der Waals surface area contributed by atoms with E-state index in [1.54, 1.807) is 0 Å². The van der Waals surface area contributed by atoms with Crippen LogP contribution in [-0.2, 0) is 4.79 Å². The molecule has 0 aliphatic carbocycles. The molecule has 0 atom stereocenters. The minimum Gasteiger partial charge on any atom is -0.478 e. The number of hydrogen-bond acceptors (Lipinski definition) is 4. The van der Waals surface area contributed by atoms with Crippen molar-refractivity contribution in [3.63, 3.8) is 0 Å². The molecule has 0 saturated carbocycles. The molecule has 0 aromatic carbocycles. The van der Waals surface area contributed by atoms with Crippen molar-refractivity contribution < 1.29 is 14.7 Å². The molecule has 3 N–H and O–H groups in total. The van der Waals surface area contributed by atoms with Gasteiger partial charge in [-0.25, -0.2) is 4.79 Å². The highest BCUT2D eigenvalue weighted by Gasteiger charge is 2.09. The molecule has 1 amide bonds. The smallest absolute Gasteiger partial charge is 0.337 e. The average Bonchev–Trinajstić information content (AvgIpc) is 2.26. The fourth-order valence-electron chi connectivity index (χ4n) is 0.986. The van der Waals surface area contributed by atoms with E-state index in [9.17, 15) is 9.59 Å². The predicted octanol–water partition coefficient (Wildman–Crippen LogP) is -0.0623. The van der Waals surface area contributed by atoms with Gasteiger partial charge in [0.25, 0.3) is 0 Å². The number of nitrogens with one attached hydrogen (secondary N) is 2. The summed E-state index contributed by atoms with van der Waals surface area (Å²) < 4.78 is 0. The van der Waals surface area contributed by atoms with E-state index in [0.29, 0.717) is 5.69 Å². The first-order valence-electron chi connectivity index (χ1n) is 4.27. The molecule has 1 rings (SSSR count). The van der Waals surface area contributed by atoms with Gasteiger partial charge in [-0.05, 0) is 6.07 Å². The van der Waals surface area contributed by atoms with Crippen LogP contribution in [-0.4, -0.2) is 35.6 Å². The van der Waals surface area contributed by atoms with Crippen molar-refractivity contribution in [1.82, 2.24) is 10.3 Å². The van der Waals surface area contributed by atoms with Gasteiger partial charge in [-0.3, -0.25) is 9.78 Å². The quantitative estimate of drug-likeness (QED) is 0.646. The number of rotatable bonds is 4. The van der Waals surface area contributed by atoms with E-state index in [1.165, 1.54) is 25.5 Å². The highest BCUT2D eigenvalue weighted by Crippen LogP contribution is 2.12. The molecule has 15 heavy (non-hydrogen) atoms. The Kier molecular flexibility index (Phi) is 3.61. The molecule has 6 heteroatoms. The fraction of sp³-hybridized carbons (Fsp3) is 0.222. The Hall–Kier alpha value is -2.11. The highest BCUT2D eigenvalue weighted by molar-refractivity contribution is 5.94. The van der Waals surface area contributed by atoms with Crippen LogP contribution < -0.4 is 10.6 Å². The minimum absolute atomic E-state index is 0.0163. The summed E-state index contributed by atoms with van der Waals surface area (Å²) in [6, 6.07) is 1.37. The third kappa shape index (κ3) is 2.94. The lowest BCUT2D eigenvalue weighted by Gasteiger charge is -2.07. The van der Waals surface area contributed by atoms with Crippen molar-refractivity contribution in [2.45, 2.75) is 0 Å². The van der Waals surface area contributed by atoms with E-state index in [2.05, 4.69) is 15.6 Å². The molecule has 80 valence electrons. The summed E-state index contributed by atoms with van der Waals surface area (Å²) >= 11 is 0. The molecule has 0 spiro atoms. The summed E-state index contributed by atoms with van der Waals surface area (Å²) in [6.45, 7) is 0.0163. The number of anilines is 1. The van der Waals surface area contributed by atoms with Gasteiger partial charge in [0.1, 0.15) is 0 Å². The normalized spacial score (nSPS) is 9.40. The first-order chi connectivity index (χ1) is 7.15. The lowest BCUT2D eigenvalue weighted by atomic mass is 10.2. The highest BCUT2D eigenvalue weighted by atomic mass is 16.4. The van der Waals surface area contributed by atoms with Gasteiger partial charge in [0.15, 0.2) is 0 Å². The second kappa shape index (κ2) is 4.94. The summed E-state index contributed by atoms with van der Waals surface area (Å²) in [5, 5.41) is 13.9. The van der Waals surface area contributed by atoms with Gasteiger partial charge in [0.05, 0.1) is 24.0 Å². The van der Waals surface area contributed by atoms with Gasteiger partial charge in [0, 0.05) is 13.2 Å². The van der Waals surface area contributed by atoms with Crippen LogP contribution in [0.2, 0.25) is 0 Å². The summed E-state index contributed by atoms with van der Waals surface area (Å²) in [7, 11) is 1.51. The number of likely N-dealkylation sites (N-methyl/N-ethyl adjacent to an activating group) is 1. The van der Waals surface area contributed by atoms with Crippen molar-refractivity contribution in [2.24, 2.45) is 0 Å². The Bertz CT molecular complexity index is 379. The largest absolute Gasteiger partial charge is 0.478 e. The maximum atomic E-state index is 10.9. The molecule has 0 unspecified atom stereocenters. The Morgan fingerprint density at radius 2 is 2.27 bits per heavy atom. The van der Waals surface area contributed by atoms with Crippen LogP contribution in [0.5, 0.6) is 0 Å². The summed E-state index contributed by atoms with van der Waals surface area (Å²) in [6.07, 6.45) is 2.75. The van der Waals surface area contributed by atoms with E-state index in [1.807, 2.05) is 0 Å². The molecule has 1 aromatic heterocycles. The van der Waals surface area contributed by atoms with Gasteiger partial charge in [-0.2, -0.15) is 0 Å². The van der Waals surface area contributed by atoms with Crippen LogP contribution in [0, 0.1) is 0 Å². The Morgan fingerprint density at radius 1 is 1.53 bits per heavy atom. The number of carbonyl (C=O) groups excluding carboxylic acids is 1. The summed E-state index contributed by atoms with van der Waals surface area (Å²) in [5.41, 5.74) is 0.419. The Labute approximate surface area is 86.3 Å². The van der Waals surface area contributed by atoms with Crippen LogP contribution >= 0.6 is 0 Å². The van der Waals surface area contributed by atoms with Crippen LogP contribution in [0.1, 0.15) is 10.4 Å². The van der Waals surface area contributed by atoms with Gasteiger partial charge in [0.2, 0.25) is 5.91 Å². The van der Waals surface area contributed by atoms with Crippen LogP contribution in [0.4, 0.5) is 5.69 Å². The number of pyridine rings is 1. The van der Waals surface area contributed by atoms with Crippen LogP contribution in [0.25, 0.3) is 0 Å². The molecule has 0 aliphatic rings. The van der Waals surface area contributed by atoms with E-state index >= 15 is 0 Å². The molecule has 1 heterocycles. The lowest BCUT2D eigenvalue weighted by Crippen LogP contribution is -2.26. The van der Waals surface area contributed by atoms with Crippen LogP contribution in [0.15, 0.2) is 18.5 Å². The van der Waals surface area contributed by atoms with Gasteiger partial charge in [-0.15, -0.1) is 0 Å². The molecule has 0 bridgehead atoms. The third-order valence-electron chi connectivity index (χ3n) is 1.77. The second-order valence-corrected chi connectivity index (χ2v) is 2.75. The Balaban J connectivity index is 2.76. The van der Waals surface area contributed by atoms with E-state index < -0.39 is 5.97 Å². The summed E-state index contributed by atoms with van der Waals surface area (Å²) in [4.78, 5) is 25.5. The number of aromatic nitrogens is 1. The van der Waals surface area contributed by atoms with Gasteiger partial charge in [-0.1, -0.05) is 0 Å². The SMILES string of the molecule is CNC(=O)CNc1cnccc1C(=O)O. The lowest BCUT2D eigenvalue weighted by molar-refractivity contribution is -0.118. The van der Waals surface area contributed by atoms with E-state index in [-0.39, 0.29) is 18.0 Å². The molecule has 0 saturated heterocycles. The number of carboxylic acids is 1. The first kappa shape index (κ1) is 11.0. The number of aromatic carboxylic acids is 1. The minimum atomic E-state index is -1.06. The number of carboxylic acid groups (broad SMARTS) is 1. The zero-order valence-corrected chi connectivity index (χ0v) is 8.15. The van der Waals surface area contributed by atoms with Crippen LogP contribution in [0.3, 0.4) is 0 Å². The topological polar surface area (TPSA) is 91.3 Å². The Morgan fingerprint density at radius 3 is 2.87 bits per heavy atom. The van der Waals surface area contributed by atoms with Crippen molar-refractivity contribution >= 4 is 17.6 Å². The maximum absolute atomic E-state index is 10.9. The predicted molar refractivity (Wildman–Crippen MR) is 53.8 cm³/mol. The number of hydrogen-bond donors (Lipinski definition) is 3. The van der Waals surface area contributed by atoms with Crippen molar-refractivity contribution in [2.75, 3.05) is 18.9 Å². The number of nitrogens with zero attached hydrogens (tertiary/aromatic N) is 1. The summed E-state index contributed by atoms with van der Waals surface area (Å²) in [5.74, 6) is -1.29. The monoisotopic (exact) mass is 209 g/mol. The standard InChI is InChI=1S/C9H11N3O3/c1-10-8(13)5-12-7-4-11-3-2-6(7)9(14)15/h2-4,12H,5H2,1H3,(H,10,13)(H,14,15). The van der Waals surface area contributed by atoms with Crippen molar-refractivity contribution in [3.05, 3.63) is 24.0 Å². The van der Waals surface area contributed by atoms with E-state index in [4.69, 9.17) is 5.11 Å². The zero-order valence-electron chi connectivity index (χ0n) is 8.15. The van der Waals surface area contributed by atoms with Gasteiger partial charge >= 0.3 is 5.97 Å². The molecular formula is C9H11N3O3. The molecule has 1 aromatic rings. The third-order valence-corrected chi connectivity index (χ3v) is 1.77. The average molecular weight is 209 g/mol. The molecule has 6 nitrogen and oxygen atoms in total. The van der Waals surface area contributed by atoms with Gasteiger partial charge < -0.3 is 15.7 Å². The zero-order chi connectivity index (χ0) is 11.3. The van der Waals surface area contributed by atoms with Crippen molar-refractivity contribution in [3.8, 4) is 0 Å². The molecular weight excluding hydrogens is 198 g/mol. The van der Waals surface area contributed by atoms with Crippen molar-refractivity contribution in [1.29, 1.82) is 0 Å². The molecule has 0 aliphatic heterocycles. The fourth-order valence-corrected chi connectivity index (χ4v) is 0.986. The molecule has 0 radical (unpaired) electrons. The second-order valence-electron chi connectivity index (χ2n) is 2.75. The number of amides is 1. The first-order valence-corrected chi connectivity index (χ1v) is 4.27. The maximum Gasteiger partial charge on any atom is 0.337 e. The number of carbonyl (C=O) groups is 2. The molecule has 0 fully saturated rings. The van der Waals surface area contributed by atoms with E-state index in [0.717, 1.165) is 0 Å².